The average molecular weight is 374 g/mol. The summed E-state index contributed by atoms with van der Waals surface area (Å²) in [4.78, 5) is 11.6. The summed E-state index contributed by atoms with van der Waals surface area (Å²) >= 11 is 3.85. The Hall–Kier alpha value is -1.15. The van der Waals surface area contributed by atoms with E-state index in [2.05, 4.69) is 39.4 Å². The van der Waals surface area contributed by atoms with Gasteiger partial charge in [-0.05, 0) is 46.5 Å². The zero-order valence-electron chi connectivity index (χ0n) is 9.43. The van der Waals surface area contributed by atoms with Crippen LogP contribution in [0.1, 0.15) is 4.88 Å². The van der Waals surface area contributed by atoms with Crippen molar-refractivity contribution in [2.24, 2.45) is 0 Å². The summed E-state index contributed by atoms with van der Waals surface area (Å²) in [7, 11) is 0. The van der Waals surface area contributed by atoms with Gasteiger partial charge in [0.1, 0.15) is 0 Å². The molecule has 0 fully saturated rings. The van der Waals surface area contributed by atoms with Crippen LogP contribution in [0.5, 0.6) is 0 Å². The first kappa shape index (κ1) is 13.3. The first-order valence-corrected chi connectivity index (χ1v) is 7.33. The van der Waals surface area contributed by atoms with Gasteiger partial charge in [0.05, 0.1) is 4.92 Å². The van der Waals surface area contributed by atoms with E-state index in [9.17, 15) is 10.1 Å². The summed E-state index contributed by atoms with van der Waals surface area (Å²) in [6.45, 7) is 0.828. The van der Waals surface area contributed by atoms with Gasteiger partial charge in [0.15, 0.2) is 0 Å². The van der Waals surface area contributed by atoms with Crippen molar-refractivity contribution in [3.63, 3.8) is 0 Å². The van der Waals surface area contributed by atoms with Crippen LogP contribution in [0.4, 0.5) is 11.4 Å². The molecule has 1 N–H and O–H groups in total. The number of thiophene rings is 1. The molecule has 6 heteroatoms. The van der Waals surface area contributed by atoms with Crippen molar-refractivity contribution in [2.45, 2.75) is 6.42 Å². The highest BCUT2D eigenvalue weighted by Crippen LogP contribution is 2.23. The molecule has 0 unspecified atom stereocenters. The lowest BCUT2D eigenvalue weighted by Gasteiger charge is -2.07. The number of nitrogens with one attached hydrogen (secondary N) is 1. The Morgan fingerprint density at radius 1 is 1.39 bits per heavy atom. The number of anilines is 1. The van der Waals surface area contributed by atoms with Gasteiger partial charge in [-0.25, -0.2) is 0 Å². The fraction of sp³-hybridized carbons (Fsp3) is 0.167. The Kier molecular flexibility index (Phi) is 4.54. The maximum atomic E-state index is 10.6. The number of nitro benzene ring substituents is 1. The molecule has 1 heterocycles. The van der Waals surface area contributed by atoms with Gasteiger partial charge >= 0.3 is 0 Å². The summed E-state index contributed by atoms with van der Waals surface area (Å²) in [5.74, 6) is 0. The lowest BCUT2D eigenvalue weighted by Crippen LogP contribution is -2.05. The van der Waals surface area contributed by atoms with E-state index >= 15 is 0 Å². The minimum absolute atomic E-state index is 0.128. The number of hydrogen-bond donors (Lipinski definition) is 1. The molecule has 4 nitrogen and oxygen atoms in total. The van der Waals surface area contributed by atoms with Crippen LogP contribution < -0.4 is 5.32 Å². The molecule has 0 bridgehead atoms. The van der Waals surface area contributed by atoms with Crippen LogP contribution >= 0.6 is 33.9 Å². The van der Waals surface area contributed by atoms with Crippen LogP contribution in [0.25, 0.3) is 0 Å². The summed E-state index contributed by atoms with van der Waals surface area (Å²) in [6.07, 6.45) is 0.963. The summed E-state index contributed by atoms with van der Waals surface area (Å²) in [5, 5.41) is 16.0. The van der Waals surface area contributed by atoms with E-state index in [1.165, 1.54) is 10.9 Å². The number of rotatable bonds is 5. The van der Waals surface area contributed by atoms with Gasteiger partial charge in [0.2, 0.25) is 0 Å². The minimum atomic E-state index is -0.377. The molecule has 0 saturated heterocycles. The van der Waals surface area contributed by atoms with Crippen LogP contribution in [0, 0.1) is 13.7 Å². The second-order valence-corrected chi connectivity index (χ2v) is 5.87. The van der Waals surface area contributed by atoms with E-state index in [0.717, 1.165) is 22.2 Å². The standard InChI is InChI=1S/C12H11IN2O2S/c13-11-8-9(15(16)17)3-4-12(11)14-6-5-10-2-1-7-18-10/h1-4,7-8,14H,5-6H2. The van der Waals surface area contributed by atoms with Crippen molar-refractivity contribution in [1.29, 1.82) is 0 Å². The molecule has 94 valence electrons. The molecule has 0 radical (unpaired) electrons. The zero-order chi connectivity index (χ0) is 13.0. The Morgan fingerprint density at radius 3 is 2.83 bits per heavy atom. The Labute approximate surface area is 122 Å². The lowest BCUT2D eigenvalue weighted by molar-refractivity contribution is -0.384. The second-order valence-electron chi connectivity index (χ2n) is 3.68. The second kappa shape index (κ2) is 6.14. The Morgan fingerprint density at radius 2 is 2.22 bits per heavy atom. The van der Waals surface area contributed by atoms with Crippen LogP contribution in [-0.4, -0.2) is 11.5 Å². The molecule has 2 rings (SSSR count). The zero-order valence-corrected chi connectivity index (χ0v) is 12.4. The number of nitrogens with zero attached hydrogens (tertiary/aromatic N) is 1. The molecule has 1 aromatic carbocycles. The Bertz CT molecular complexity index is 543. The molecule has 0 saturated carbocycles. The van der Waals surface area contributed by atoms with E-state index in [0.29, 0.717) is 0 Å². The number of nitro groups is 1. The summed E-state index contributed by atoms with van der Waals surface area (Å²) in [6, 6.07) is 9.00. The molecule has 0 atom stereocenters. The summed E-state index contributed by atoms with van der Waals surface area (Å²) in [5.41, 5.74) is 1.07. The van der Waals surface area contributed by atoms with E-state index in [4.69, 9.17) is 0 Å². The topological polar surface area (TPSA) is 55.2 Å². The molecule has 0 spiro atoms. The molecule has 2 aromatic rings. The number of benzene rings is 1. The molecule has 0 aliphatic carbocycles. The monoisotopic (exact) mass is 374 g/mol. The fourth-order valence-electron chi connectivity index (χ4n) is 1.54. The van der Waals surface area contributed by atoms with Crippen molar-refractivity contribution in [1.82, 2.24) is 0 Å². The largest absolute Gasteiger partial charge is 0.384 e. The van der Waals surface area contributed by atoms with Crippen molar-refractivity contribution in [2.75, 3.05) is 11.9 Å². The molecule has 0 aliphatic rings. The van der Waals surface area contributed by atoms with Gasteiger partial charge in [0.25, 0.3) is 5.69 Å². The van der Waals surface area contributed by atoms with E-state index < -0.39 is 0 Å². The number of non-ortho nitro benzene ring substituents is 1. The van der Waals surface area contributed by atoms with Crippen LogP contribution in [0.2, 0.25) is 0 Å². The maximum absolute atomic E-state index is 10.6. The van der Waals surface area contributed by atoms with Crippen LogP contribution in [0.15, 0.2) is 35.7 Å². The third kappa shape index (κ3) is 3.42. The predicted octanol–water partition coefficient (Wildman–Crippen LogP) is 3.92. The third-order valence-electron chi connectivity index (χ3n) is 2.43. The van der Waals surface area contributed by atoms with Crippen molar-refractivity contribution < 1.29 is 4.92 Å². The smallest absolute Gasteiger partial charge is 0.270 e. The van der Waals surface area contributed by atoms with Gasteiger partial charge in [-0.3, -0.25) is 10.1 Å². The SMILES string of the molecule is O=[N+]([O-])c1ccc(NCCc2cccs2)c(I)c1. The highest BCUT2D eigenvalue weighted by molar-refractivity contribution is 14.1. The molecule has 0 amide bonds. The quantitative estimate of drug-likeness (QED) is 0.491. The van der Waals surface area contributed by atoms with Crippen molar-refractivity contribution in [3.8, 4) is 0 Å². The van der Waals surface area contributed by atoms with Crippen molar-refractivity contribution in [3.05, 3.63) is 54.3 Å². The molecule has 18 heavy (non-hydrogen) atoms. The maximum Gasteiger partial charge on any atom is 0.270 e. The molecular formula is C12H11IN2O2S. The van der Waals surface area contributed by atoms with Gasteiger partial charge in [-0.2, -0.15) is 0 Å². The fourth-order valence-corrected chi connectivity index (χ4v) is 2.93. The normalized spacial score (nSPS) is 10.3. The van der Waals surface area contributed by atoms with Crippen LogP contribution in [-0.2, 0) is 6.42 Å². The van der Waals surface area contributed by atoms with Gasteiger partial charge in [-0.15, -0.1) is 11.3 Å². The van der Waals surface area contributed by atoms with Crippen LogP contribution in [0.3, 0.4) is 0 Å². The average Bonchev–Trinajstić information content (AvgIpc) is 2.84. The number of halogens is 1. The molecule has 0 aliphatic heterocycles. The third-order valence-corrected chi connectivity index (χ3v) is 4.26. The predicted molar refractivity (Wildman–Crippen MR) is 82.3 cm³/mol. The first-order chi connectivity index (χ1) is 8.66. The van der Waals surface area contributed by atoms with E-state index in [1.54, 1.807) is 23.5 Å². The lowest BCUT2D eigenvalue weighted by atomic mass is 10.2. The van der Waals surface area contributed by atoms with E-state index in [1.807, 2.05) is 6.07 Å². The van der Waals surface area contributed by atoms with Gasteiger partial charge in [-0.1, -0.05) is 6.07 Å². The van der Waals surface area contributed by atoms with Gasteiger partial charge < -0.3 is 5.32 Å². The summed E-state index contributed by atoms with van der Waals surface area (Å²) < 4.78 is 0.868. The highest BCUT2D eigenvalue weighted by Gasteiger charge is 2.08. The first-order valence-electron chi connectivity index (χ1n) is 5.37. The molecule has 1 aromatic heterocycles. The van der Waals surface area contributed by atoms with E-state index in [-0.39, 0.29) is 10.6 Å². The van der Waals surface area contributed by atoms with Gasteiger partial charge in [0, 0.05) is 32.8 Å². The van der Waals surface area contributed by atoms with Crippen molar-refractivity contribution >= 4 is 45.3 Å². The Balaban J connectivity index is 1.95. The minimum Gasteiger partial charge on any atom is -0.384 e. The highest BCUT2D eigenvalue weighted by atomic mass is 127. The molecular weight excluding hydrogens is 363 g/mol. The number of hydrogen-bond acceptors (Lipinski definition) is 4.